The third kappa shape index (κ3) is 3.09. The van der Waals surface area contributed by atoms with Crippen molar-refractivity contribution in [3.05, 3.63) is 62.9 Å². The Morgan fingerprint density at radius 2 is 2.05 bits per heavy atom. The quantitative estimate of drug-likeness (QED) is 0.516. The molecule has 0 fully saturated rings. The molecule has 0 aliphatic carbocycles. The molecule has 0 atom stereocenters. The maximum atomic E-state index is 13.3. The van der Waals surface area contributed by atoms with Gasteiger partial charge in [-0.15, -0.1) is 0 Å². The maximum Gasteiger partial charge on any atom is 0.296 e. The van der Waals surface area contributed by atoms with E-state index in [2.05, 4.69) is 5.32 Å². The van der Waals surface area contributed by atoms with Gasteiger partial charge in [0.05, 0.1) is 9.95 Å². The summed E-state index contributed by atoms with van der Waals surface area (Å²) < 4.78 is 13.3. The van der Waals surface area contributed by atoms with Gasteiger partial charge in [0.25, 0.3) is 11.6 Å². The predicted octanol–water partition coefficient (Wildman–Crippen LogP) is 3.35. The van der Waals surface area contributed by atoms with E-state index in [0.717, 1.165) is 12.1 Å². The molecule has 21 heavy (non-hydrogen) atoms. The van der Waals surface area contributed by atoms with Gasteiger partial charge in [-0.1, -0.05) is 17.7 Å². The minimum atomic E-state index is -0.810. The van der Waals surface area contributed by atoms with E-state index in [1.165, 1.54) is 24.3 Å². The lowest BCUT2D eigenvalue weighted by molar-refractivity contribution is -0.384. The van der Waals surface area contributed by atoms with Crippen molar-refractivity contribution in [1.82, 2.24) is 0 Å². The van der Waals surface area contributed by atoms with Gasteiger partial charge in [0.1, 0.15) is 11.6 Å². The van der Waals surface area contributed by atoms with Crippen molar-refractivity contribution >= 4 is 28.9 Å². The van der Waals surface area contributed by atoms with Crippen molar-refractivity contribution in [1.29, 1.82) is 0 Å². The summed E-state index contributed by atoms with van der Waals surface area (Å²) in [6.07, 6.45) is 0. The molecule has 0 aliphatic heterocycles. The monoisotopic (exact) mass is 310 g/mol. The summed E-state index contributed by atoms with van der Waals surface area (Å²) in [5.41, 5.74) is -0.921. The number of phenolic OH excluding ortho intramolecular Hbond substituents is 1. The zero-order valence-corrected chi connectivity index (χ0v) is 11.1. The highest BCUT2D eigenvalue weighted by Crippen LogP contribution is 2.33. The van der Waals surface area contributed by atoms with Gasteiger partial charge in [0.2, 0.25) is 0 Å². The van der Waals surface area contributed by atoms with Crippen LogP contribution >= 0.6 is 11.6 Å². The summed E-state index contributed by atoms with van der Waals surface area (Å²) in [5, 5.41) is 22.5. The fraction of sp³-hybridized carbons (Fsp3) is 0. The number of hydrogen-bond acceptors (Lipinski definition) is 4. The number of carbonyl (C=O) groups is 1. The Hall–Kier alpha value is -2.67. The lowest BCUT2D eigenvalue weighted by Gasteiger charge is -2.08. The zero-order valence-electron chi connectivity index (χ0n) is 10.3. The number of aromatic hydroxyl groups is 1. The van der Waals surface area contributed by atoms with Crippen LogP contribution in [0.1, 0.15) is 10.4 Å². The molecule has 6 nitrogen and oxygen atoms in total. The lowest BCUT2D eigenvalue weighted by atomic mass is 10.2. The number of nitrogens with zero attached hydrogens (tertiary/aromatic N) is 1. The molecule has 0 bridgehead atoms. The topological polar surface area (TPSA) is 92.5 Å². The Labute approximate surface area is 122 Å². The number of amides is 1. The molecule has 108 valence electrons. The number of nitro groups is 1. The molecular formula is C13H8ClFN2O4. The van der Waals surface area contributed by atoms with Crippen molar-refractivity contribution in [2.45, 2.75) is 0 Å². The Balaban J connectivity index is 2.36. The van der Waals surface area contributed by atoms with Gasteiger partial charge in [-0.25, -0.2) is 4.39 Å². The third-order valence-electron chi connectivity index (χ3n) is 2.64. The molecular weight excluding hydrogens is 303 g/mol. The van der Waals surface area contributed by atoms with E-state index in [-0.39, 0.29) is 16.3 Å². The largest absolute Gasteiger partial charge is 0.505 e. The lowest BCUT2D eigenvalue weighted by Crippen LogP contribution is -2.13. The second kappa shape index (κ2) is 5.76. The number of hydrogen-bond donors (Lipinski definition) is 2. The number of para-hydroxylation sites is 1. The van der Waals surface area contributed by atoms with E-state index in [4.69, 9.17) is 11.6 Å². The molecule has 0 aromatic heterocycles. The number of halogens is 2. The molecule has 0 aliphatic rings. The van der Waals surface area contributed by atoms with Crippen LogP contribution in [0.4, 0.5) is 15.8 Å². The Morgan fingerprint density at radius 3 is 2.67 bits per heavy atom. The summed E-state index contributed by atoms with van der Waals surface area (Å²) >= 11 is 5.50. The van der Waals surface area contributed by atoms with E-state index in [1.807, 2.05) is 0 Å². The van der Waals surface area contributed by atoms with Gasteiger partial charge in [-0.3, -0.25) is 14.9 Å². The second-order valence-electron chi connectivity index (χ2n) is 4.01. The summed E-state index contributed by atoms with van der Waals surface area (Å²) in [7, 11) is 0. The standard InChI is InChI=1S/C13H8ClFN2O4/c14-8-5-4-7(6-9(8)15)13(19)16-12-10(17(20)21)2-1-3-11(12)18/h1-6,18H,(H,16,19). The number of benzene rings is 2. The van der Waals surface area contributed by atoms with E-state index in [0.29, 0.717) is 0 Å². The van der Waals surface area contributed by atoms with E-state index in [9.17, 15) is 24.4 Å². The van der Waals surface area contributed by atoms with Crippen LogP contribution < -0.4 is 5.32 Å². The number of nitrogens with one attached hydrogen (secondary N) is 1. The number of phenols is 1. The first-order valence-corrected chi connectivity index (χ1v) is 6.00. The van der Waals surface area contributed by atoms with Crippen molar-refractivity contribution in [2.24, 2.45) is 0 Å². The highest BCUT2D eigenvalue weighted by Gasteiger charge is 2.20. The van der Waals surface area contributed by atoms with Crippen LogP contribution in [0.5, 0.6) is 5.75 Å². The molecule has 2 rings (SSSR count). The first kappa shape index (κ1) is 14.7. The maximum absolute atomic E-state index is 13.3. The molecule has 0 spiro atoms. The first-order valence-electron chi connectivity index (χ1n) is 5.63. The molecule has 0 heterocycles. The number of nitro benzene ring substituents is 1. The zero-order chi connectivity index (χ0) is 15.6. The molecule has 0 radical (unpaired) electrons. The van der Waals surface area contributed by atoms with Crippen LogP contribution in [0.2, 0.25) is 5.02 Å². The van der Waals surface area contributed by atoms with Gasteiger partial charge in [0.15, 0.2) is 5.69 Å². The summed E-state index contributed by atoms with van der Waals surface area (Å²) in [6, 6.07) is 6.91. The fourth-order valence-electron chi connectivity index (χ4n) is 1.63. The van der Waals surface area contributed by atoms with Gasteiger partial charge in [-0.2, -0.15) is 0 Å². The van der Waals surface area contributed by atoms with Crippen LogP contribution in [0, 0.1) is 15.9 Å². The second-order valence-corrected chi connectivity index (χ2v) is 4.42. The van der Waals surface area contributed by atoms with Crippen LogP contribution in [-0.2, 0) is 0 Å². The normalized spacial score (nSPS) is 10.2. The van der Waals surface area contributed by atoms with E-state index in [1.54, 1.807) is 0 Å². The molecule has 0 saturated carbocycles. The van der Waals surface area contributed by atoms with Gasteiger partial charge < -0.3 is 10.4 Å². The minimum Gasteiger partial charge on any atom is -0.505 e. The smallest absolute Gasteiger partial charge is 0.296 e. The number of carbonyl (C=O) groups excluding carboxylic acids is 1. The van der Waals surface area contributed by atoms with Crippen molar-refractivity contribution in [2.75, 3.05) is 5.32 Å². The molecule has 8 heteroatoms. The number of anilines is 1. The van der Waals surface area contributed by atoms with Gasteiger partial charge >= 0.3 is 0 Å². The third-order valence-corrected chi connectivity index (χ3v) is 2.94. The average Bonchev–Trinajstić information content (AvgIpc) is 2.43. The molecule has 0 saturated heterocycles. The Kier molecular flexibility index (Phi) is 4.04. The van der Waals surface area contributed by atoms with Crippen molar-refractivity contribution in [3.63, 3.8) is 0 Å². The first-order chi connectivity index (χ1) is 9.90. The van der Waals surface area contributed by atoms with Crippen LogP contribution in [-0.4, -0.2) is 15.9 Å². The minimum absolute atomic E-state index is 0.0885. The van der Waals surface area contributed by atoms with Crippen LogP contribution in [0.25, 0.3) is 0 Å². The number of rotatable bonds is 3. The van der Waals surface area contributed by atoms with Crippen LogP contribution in [0.15, 0.2) is 36.4 Å². The van der Waals surface area contributed by atoms with E-state index < -0.39 is 28.1 Å². The molecule has 2 aromatic carbocycles. The predicted molar refractivity (Wildman–Crippen MR) is 74.1 cm³/mol. The Morgan fingerprint density at radius 1 is 1.33 bits per heavy atom. The highest BCUT2D eigenvalue weighted by molar-refractivity contribution is 6.30. The molecule has 2 aromatic rings. The molecule has 1 amide bonds. The Bertz CT molecular complexity index is 736. The average molecular weight is 311 g/mol. The summed E-state index contributed by atoms with van der Waals surface area (Å²) in [6.45, 7) is 0. The van der Waals surface area contributed by atoms with Gasteiger partial charge in [-0.05, 0) is 24.3 Å². The SMILES string of the molecule is O=C(Nc1c(O)cccc1[N+](=O)[O-])c1ccc(Cl)c(F)c1. The summed E-state index contributed by atoms with van der Waals surface area (Å²) in [4.78, 5) is 22.1. The van der Waals surface area contributed by atoms with Crippen molar-refractivity contribution < 1.29 is 19.2 Å². The van der Waals surface area contributed by atoms with Crippen molar-refractivity contribution in [3.8, 4) is 5.75 Å². The molecule has 2 N–H and O–H groups in total. The van der Waals surface area contributed by atoms with Gasteiger partial charge in [0, 0.05) is 11.6 Å². The van der Waals surface area contributed by atoms with E-state index >= 15 is 0 Å². The fourth-order valence-corrected chi connectivity index (χ4v) is 1.75. The van der Waals surface area contributed by atoms with Crippen LogP contribution in [0.3, 0.4) is 0 Å². The summed E-state index contributed by atoms with van der Waals surface area (Å²) in [5.74, 6) is -2.07. The highest BCUT2D eigenvalue weighted by atomic mass is 35.5. The molecule has 0 unspecified atom stereocenters.